The zero-order chi connectivity index (χ0) is 9.14. The van der Waals surface area contributed by atoms with Gasteiger partial charge in [-0.05, 0) is 37.6 Å². The van der Waals surface area contributed by atoms with Gasteiger partial charge >= 0.3 is 0 Å². The molecule has 2 nitrogen and oxygen atoms in total. The molecule has 0 aromatic heterocycles. The number of hydrogen-bond acceptors (Lipinski definition) is 1. The Morgan fingerprint density at radius 2 is 2.17 bits per heavy atom. The highest BCUT2D eigenvalue weighted by Crippen LogP contribution is 2.21. The zero-order valence-corrected chi connectivity index (χ0v) is 7.89. The SMILES string of the molecule is CC(N)=Nc1ccc(Cl)cc1C. The average molecular weight is 183 g/mol. The largest absolute Gasteiger partial charge is 0.387 e. The summed E-state index contributed by atoms with van der Waals surface area (Å²) in [5.41, 5.74) is 7.36. The summed E-state index contributed by atoms with van der Waals surface area (Å²) in [4.78, 5) is 4.14. The highest BCUT2D eigenvalue weighted by Gasteiger charge is 1.96. The molecule has 12 heavy (non-hydrogen) atoms. The van der Waals surface area contributed by atoms with E-state index in [1.165, 1.54) is 0 Å². The van der Waals surface area contributed by atoms with Gasteiger partial charge in [-0.1, -0.05) is 11.6 Å². The molecule has 3 heteroatoms. The minimum Gasteiger partial charge on any atom is -0.387 e. The molecule has 0 aliphatic heterocycles. The molecular weight excluding hydrogens is 172 g/mol. The summed E-state index contributed by atoms with van der Waals surface area (Å²) in [6, 6.07) is 5.52. The van der Waals surface area contributed by atoms with Crippen LogP contribution in [0.2, 0.25) is 5.02 Å². The van der Waals surface area contributed by atoms with E-state index in [1.807, 2.05) is 19.1 Å². The standard InChI is InChI=1S/C9H11ClN2/c1-6-5-8(10)3-4-9(6)12-7(2)11/h3-5H,1-2H3,(H2,11,12). The maximum atomic E-state index is 5.77. The average Bonchev–Trinajstić information content (AvgIpc) is 1.94. The van der Waals surface area contributed by atoms with Crippen LogP contribution < -0.4 is 5.73 Å². The minimum atomic E-state index is 0.556. The van der Waals surface area contributed by atoms with E-state index < -0.39 is 0 Å². The Bertz CT molecular complexity index is 314. The van der Waals surface area contributed by atoms with Crippen LogP contribution in [0.1, 0.15) is 12.5 Å². The van der Waals surface area contributed by atoms with Crippen molar-refractivity contribution >= 4 is 23.1 Å². The molecule has 0 saturated heterocycles. The molecular formula is C9H11ClN2. The number of amidine groups is 1. The van der Waals surface area contributed by atoms with Crippen LogP contribution in [0.15, 0.2) is 23.2 Å². The van der Waals surface area contributed by atoms with Gasteiger partial charge in [0, 0.05) is 5.02 Å². The molecule has 0 amide bonds. The Morgan fingerprint density at radius 3 is 2.67 bits per heavy atom. The van der Waals surface area contributed by atoms with Gasteiger partial charge in [0.05, 0.1) is 11.5 Å². The first-order valence-electron chi connectivity index (χ1n) is 3.66. The molecule has 0 aliphatic carbocycles. The first-order valence-corrected chi connectivity index (χ1v) is 4.04. The Hall–Kier alpha value is -1.02. The van der Waals surface area contributed by atoms with Crippen molar-refractivity contribution in [2.24, 2.45) is 10.7 Å². The molecule has 2 N–H and O–H groups in total. The summed E-state index contributed by atoms with van der Waals surface area (Å²) in [6.07, 6.45) is 0. The fourth-order valence-electron chi connectivity index (χ4n) is 0.934. The third-order valence-electron chi connectivity index (χ3n) is 1.46. The number of rotatable bonds is 1. The molecule has 0 aliphatic rings. The summed E-state index contributed by atoms with van der Waals surface area (Å²) >= 11 is 5.77. The van der Waals surface area contributed by atoms with Crippen LogP contribution in [0.25, 0.3) is 0 Å². The summed E-state index contributed by atoms with van der Waals surface area (Å²) in [5, 5.41) is 0.723. The van der Waals surface area contributed by atoms with E-state index >= 15 is 0 Å². The molecule has 0 fully saturated rings. The van der Waals surface area contributed by atoms with E-state index in [0.717, 1.165) is 16.3 Å². The van der Waals surface area contributed by atoms with E-state index in [9.17, 15) is 0 Å². The van der Waals surface area contributed by atoms with Crippen molar-refractivity contribution in [3.8, 4) is 0 Å². The topological polar surface area (TPSA) is 38.4 Å². The molecule has 0 heterocycles. The number of aryl methyl sites for hydroxylation is 1. The fourth-order valence-corrected chi connectivity index (χ4v) is 1.16. The Morgan fingerprint density at radius 1 is 1.50 bits per heavy atom. The smallest absolute Gasteiger partial charge is 0.0965 e. The molecule has 1 aromatic carbocycles. The zero-order valence-electron chi connectivity index (χ0n) is 7.13. The van der Waals surface area contributed by atoms with E-state index in [-0.39, 0.29) is 0 Å². The molecule has 0 spiro atoms. The lowest BCUT2D eigenvalue weighted by Crippen LogP contribution is -2.03. The highest BCUT2D eigenvalue weighted by atomic mass is 35.5. The van der Waals surface area contributed by atoms with Gasteiger partial charge in [-0.25, -0.2) is 4.99 Å². The van der Waals surface area contributed by atoms with E-state index in [4.69, 9.17) is 17.3 Å². The van der Waals surface area contributed by atoms with Gasteiger partial charge < -0.3 is 5.73 Å². The highest BCUT2D eigenvalue weighted by molar-refractivity contribution is 6.30. The first kappa shape index (κ1) is 9.07. The van der Waals surface area contributed by atoms with Crippen molar-refractivity contribution in [2.75, 3.05) is 0 Å². The Balaban J connectivity index is 3.10. The Kier molecular flexibility index (Phi) is 2.71. The number of hydrogen-bond donors (Lipinski definition) is 1. The number of nitrogens with zero attached hydrogens (tertiary/aromatic N) is 1. The fraction of sp³-hybridized carbons (Fsp3) is 0.222. The molecule has 0 atom stereocenters. The summed E-state index contributed by atoms with van der Waals surface area (Å²) in [5.74, 6) is 0.556. The number of benzene rings is 1. The summed E-state index contributed by atoms with van der Waals surface area (Å²) in [6.45, 7) is 3.71. The minimum absolute atomic E-state index is 0.556. The lowest BCUT2D eigenvalue weighted by Gasteiger charge is -2.00. The van der Waals surface area contributed by atoms with Crippen LogP contribution in [0.3, 0.4) is 0 Å². The normalized spacial score (nSPS) is 11.8. The third kappa shape index (κ3) is 2.24. The maximum absolute atomic E-state index is 5.77. The summed E-state index contributed by atoms with van der Waals surface area (Å²) < 4.78 is 0. The maximum Gasteiger partial charge on any atom is 0.0965 e. The summed E-state index contributed by atoms with van der Waals surface area (Å²) in [7, 11) is 0. The van der Waals surface area contributed by atoms with Crippen LogP contribution in [0.4, 0.5) is 5.69 Å². The van der Waals surface area contributed by atoms with Crippen molar-refractivity contribution in [3.05, 3.63) is 28.8 Å². The second-order valence-electron chi connectivity index (χ2n) is 2.68. The van der Waals surface area contributed by atoms with Crippen LogP contribution in [-0.4, -0.2) is 5.84 Å². The van der Waals surface area contributed by atoms with Gasteiger partial charge in [-0.15, -0.1) is 0 Å². The number of nitrogens with two attached hydrogens (primary N) is 1. The lowest BCUT2D eigenvalue weighted by molar-refractivity contribution is 1.37. The molecule has 0 radical (unpaired) electrons. The second kappa shape index (κ2) is 3.59. The molecule has 0 unspecified atom stereocenters. The van der Waals surface area contributed by atoms with Crippen LogP contribution >= 0.6 is 11.6 Å². The van der Waals surface area contributed by atoms with Gasteiger partial charge in [0.25, 0.3) is 0 Å². The van der Waals surface area contributed by atoms with Gasteiger partial charge in [0.15, 0.2) is 0 Å². The van der Waals surface area contributed by atoms with Crippen molar-refractivity contribution in [1.29, 1.82) is 0 Å². The van der Waals surface area contributed by atoms with Gasteiger partial charge in [0.2, 0.25) is 0 Å². The van der Waals surface area contributed by atoms with Crippen molar-refractivity contribution in [1.82, 2.24) is 0 Å². The van der Waals surface area contributed by atoms with Crippen molar-refractivity contribution in [3.63, 3.8) is 0 Å². The van der Waals surface area contributed by atoms with E-state index in [2.05, 4.69) is 4.99 Å². The quantitative estimate of drug-likeness (QED) is 0.526. The lowest BCUT2D eigenvalue weighted by atomic mass is 10.2. The van der Waals surface area contributed by atoms with E-state index in [1.54, 1.807) is 13.0 Å². The molecule has 64 valence electrons. The molecule has 0 bridgehead atoms. The molecule has 1 aromatic rings. The van der Waals surface area contributed by atoms with Crippen molar-refractivity contribution < 1.29 is 0 Å². The van der Waals surface area contributed by atoms with Gasteiger partial charge in [-0.3, -0.25) is 0 Å². The van der Waals surface area contributed by atoms with Crippen LogP contribution in [-0.2, 0) is 0 Å². The van der Waals surface area contributed by atoms with Gasteiger partial charge in [0.1, 0.15) is 0 Å². The molecule has 0 saturated carbocycles. The number of aliphatic imine (C=N–C) groups is 1. The van der Waals surface area contributed by atoms with Crippen LogP contribution in [0, 0.1) is 6.92 Å². The third-order valence-corrected chi connectivity index (χ3v) is 1.69. The van der Waals surface area contributed by atoms with Crippen molar-refractivity contribution in [2.45, 2.75) is 13.8 Å². The Labute approximate surface area is 77.1 Å². The molecule has 1 rings (SSSR count). The first-order chi connectivity index (χ1) is 5.59. The monoisotopic (exact) mass is 182 g/mol. The van der Waals surface area contributed by atoms with Gasteiger partial charge in [-0.2, -0.15) is 0 Å². The second-order valence-corrected chi connectivity index (χ2v) is 3.12. The predicted octanol–water partition coefficient (Wildman–Crippen LogP) is 2.66. The predicted molar refractivity (Wildman–Crippen MR) is 53.1 cm³/mol. The van der Waals surface area contributed by atoms with E-state index in [0.29, 0.717) is 5.84 Å². The number of halogens is 1. The van der Waals surface area contributed by atoms with Crippen LogP contribution in [0.5, 0.6) is 0 Å².